The Labute approximate surface area is 120 Å². The van der Waals surface area contributed by atoms with Crippen LogP contribution in [0.4, 0.5) is 5.69 Å². The van der Waals surface area contributed by atoms with Crippen LogP contribution in [0.5, 0.6) is 5.75 Å². The van der Waals surface area contributed by atoms with Crippen molar-refractivity contribution in [3.05, 3.63) is 23.8 Å². The number of nitrogens with two attached hydrogens (primary N) is 1. The number of anilines is 1. The van der Waals surface area contributed by atoms with Gasteiger partial charge >= 0.3 is 0 Å². The molecule has 0 saturated heterocycles. The largest absolute Gasteiger partial charge is 0.491 e. The van der Waals surface area contributed by atoms with Gasteiger partial charge in [-0.05, 0) is 24.6 Å². The maximum atomic E-state index is 11.9. The van der Waals surface area contributed by atoms with Crippen LogP contribution in [0.2, 0.25) is 0 Å². The van der Waals surface area contributed by atoms with Crippen molar-refractivity contribution in [2.45, 2.75) is 26.2 Å². The maximum absolute atomic E-state index is 11.9. The van der Waals surface area contributed by atoms with Crippen molar-refractivity contribution in [1.82, 2.24) is 5.32 Å². The number of hydrogen-bond acceptors (Lipinski definition) is 4. The van der Waals surface area contributed by atoms with E-state index < -0.39 is 0 Å². The lowest BCUT2D eigenvalue weighted by atomic mass is 10.1. The van der Waals surface area contributed by atoms with E-state index in [1.165, 1.54) is 0 Å². The van der Waals surface area contributed by atoms with Crippen LogP contribution < -0.4 is 15.8 Å². The van der Waals surface area contributed by atoms with Gasteiger partial charge < -0.3 is 20.5 Å². The number of ether oxygens (including phenoxy) is 2. The number of nitrogens with one attached hydrogen (secondary N) is 1. The summed E-state index contributed by atoms with van der Waals surface area (Å²) < 4.78 is 10.5. The fourth-order valence-electron chi connectivity index (χ4n) is 1.70. The van der Waals surface area contributed by atoms with Crippen molar-refractivity contribution in [3.8, 4) is 5.75 Å². The summed E-state index contributed by atoms with van der Waals surface area (Å²) in [5.41, 5.74) is 6.94. The zero-order valence-electron chi connectivity index (χ0n) is 12.3. The van der Waals surface area contributed by atoms with Crippen LogP contribution in [0, 0.1) is 0 Å². The van der Waals surface area contributed by atoms with Crippen LogP contribution in [0.1, 0.15) is 36.5 Å². The van der Waals surface area contributed by atoms with Crippen molar-refractivity contribution in [1.29, 1.82) is 0 Å². The number of hydrogen-bond donors (Lipinski definition) is 2. The summed E-state index contributed by atoms with van der Waals surface area (Å²) in [6, 6.07) is 5.07. The summed E-state index contributed by atoms with van der Waals surface area (Å²) in [4.78, 5) is 11.9. The van der Waals surface area contributed by atoms with Crippen LogP contribution >= 0.6 is 0 Å². The number of unbranched alkanes of at least 4 members (excludes halogenated alkanes) is 2. The lowest BCUT2D eigenvalue weighted by Gasteiger charge is -2.11. The second kappa shape index (κ2) is 9.20. The van der Waals surface area contributed by atoms with Gasteiger partial charge in [-0.15, -0.1) is 0 Å². The Balaban J connectivity index is 2.58. The molecule has 0 saturated carbocycles. The predicted molar refractivity (Wildman–Crippen MR) is 80.1 cm³/mol. The van der Waals surface area contributed by atoms with Crippen molar-refractivity contribution in [3.63, 3.8) is 0 Å². The molecule has 0 aliphatic carbocycles. The molecule has 1 amide bonds. The molecule has 1 aromatic rings. The van der Waals surface area contributed by atoms with Crippen LogP contribution in [-0.2, 0) is 4.74 Å². The van der Waals surface area contributed by atoms with Crippen molar-refractivity contribution >= 4 is 11.6 Å². The topological polar surface area (TPSA) is 73.6 Å². The average molecular weight is 280 g/mol. The molecule has 0 aliphatic rings. The molecule has 0 unspecified atom stereocenters. The minimum absolute atomic E-state index is 0.152. The molecule has 0 heterocycles. The molecule has 0 fully saturated rings. The third kappa shape index (κ3) is 5.48. The fraction of sp³-hybridized carbons (Fsp3) is 0.533. The summed E-state index contributed by atoms with van der Waals surface area (Å²) in [6.45, 7) is 3.72. The van der Waals surface area contributed by atoms with Gasteiger partial charge in [-0.25, -0.2) is 0 Å². The second-order valence-electron chi connectivity index (χ2n) is 4.56. The van der Waals surface area contributed by atoms with Gasteiger partial charge in [0.25, 0.3) is 5.91 Å². The molecule has 5 nitrogen and oxygen atoms in total. The smallest absolute Gasteiger partial charge is 0.251 e. The minimum atomic E-state index is -0.152. The first-order valence-electron chi connectivity index (χ1n) is 6.98. The lowest BCUT2D eigenvalue weighted by molar-refractivity contribution is 0.0936. The molecule has 3 N–H and O–H groups in total. The number of methoxy groups -OCH3 is 1. The third-order valence-corrected chi connectivity index (χ3v) is 2.87. The number of carbonyl (C=O) groups excluding carboxylic acids is 1. The highest BCUT2D eigenvalue weighted by molar-refractivity contribution is 5.95. The number of carbonyl (C=O) groups is 1. The summed E-state index contributed by atoms with van der Waals surface area (Å²) >= 11 is 0. The Morgan fingerprint density at radius 2 is 2.10 bits per heavy atom. The Morgan fingerprint density at radius 3 is 2.80 bits per heavy atom. The highest BCUT2D eigenvalue weighted by atomic mass is 16.5. The minimum Gasteiger partial charge on any atom is -0.491 e. The number of amides is 1. The quantitative estimate of drug-likeness (QED) is 0.537. The van der Waals surface area contributed by atoms with Crippen molar-refractivity contribution in [2.75, 3.05) is 32.6 Å². The normalized spacial score (nSPS) is 10.3. The maximum Gasteiger partial charge on any atom is 0.251 e. The van der Waals surface area contributed by atoms with E-state index in [0.717, 1.165) is 19.3 Å². The summed E-state index contributed by atoms with van der Waals surface area (Å²) in [5.74, 6) is 0.418. The van der Waals surface area contributed by atoms with Crippen LogP contribution in [0.25, 0.3) is 0 Å². The van der Waals surface area contributed by atoms with E-state index in [1.807, 2.05) is 0 Å². The van der Waals surface area contributed by atoms with E-state index in [9.17, 15) is 4.79 Å². The standard InChI is InChI=1S/C15H24N2O3/c1-3-4-5-9-20-14-11-12(6-7-13(14)16)15(18)17-8-10-19-2/h6-7,11H,3-5,8-10,16H2,1-2H3,(H,17,18). The Bertz CT molecular complexity index is 422. The van der Waals surface area contributed by atoms with Crippen molar-refractivity contribution in [2.24, 2.45) is 0 Å². The van der Waals surface area contributed by atoms with E-state index in [2.05, 4.69) is 12.2 Å². The zero-order chi connectivity index (χ0) is 14.8. The van der Waals surface area contributed by atoms with E-state index in [1.54, 1.807) is 25.3 Å². The van der Waals surface area contributed by atoms with Gasteiger partial charge in [0.1, 0.15) is 5.75 Å². The molecule has 20 heavy (non-hydrogen) atoms. The Morgan fingerprint density at radius 1 is 1.30 bits per heavy atom. The van der Waals surface area contributed by atoms with Crippen LogP contribution in [0.15, 0.2) is 18.2 Å². The van der Waals surface area contributed by atoms with Gasteiger partial charge in [0.05, 0.1) is 18.9 Å². The molecule has 1 aromatic carbocycles. The first-order valence-corrected chi connectivity index (χ1v) is 6.98. The molecule has 0 radical (unpaired) electrons. The monoisotopic (exact) mass is 280 g/mol. The van der Waals surface area contributed by atoms with E-state index >= 15 is 0 Å². The molecule has 5 heteroatoms. The van der Waals surface area contributed by atoms with E-state index in [-0.39, 0.29) is 5.91 Å². The fourth-order valence-corrected chi connectivity index (χ4v) is 1.70. The number of nitrogen functional groups attached to an aromatic ring is 1. The Kier molecular flexibility index (Phi) is 7.50. The summed E-state index contributed by atoms with van der Waals surface area (Å²) in [6.07, 6.45) is 3.25. The second-order valence-corrected chi connectivity index (χ2v) is 4.56. The summed E-state index contributed by atoms with van der Waals surface area (Å²) in [7, 11) is 1.59. The molecular formula is C15H24N2O3. The SMILES string of the molecule is CCCCCOc1cc(C(=O)NCCOC)ccc1N. The van der Waals surface area contributed by atoms with Gasteiger partial charge in [0.2, 0.25) is 0 Å². The highest BCUT2D eigenvalue weighted by Gasteiger charge is 2.08. The number of rotatable bonds is 9. The molecule has 0 aliphatic heterocycles. The average Bonchev–Trinajstić information content (AvgIpc) is 2.45. The first-order chi connectivity index (χ1) is 9.69. The third-order valence-electron chi connectivity index (χ3n) is 2.87. The Hall–Kier alpha value is -1.75. The molecule has 0 aromatic heterocycles. The van der Waals surface area contributed by atoms with Gasteiger partial charge in [-0.1, -0.05) is 19.8 Å². The zero-order valence-corrected chi connectivity index (χ0v) is 12.3. The van der Waals surface area contributed by atoms with Gasteiger partial charge in [-0.3, -0.25) is 4.79 Å². The van der Waals surface area contributed by atoms with Gasteiger partial charge in [0.15, 0.2) is 0 Å². The van der Waals surface area contributed by atoms with E-state index in [0.29, 0.717) is 36.8 Å². The van der Waals surface area contributed by atoms with Crippen LogP contribution in [-0.4, -0.2) is 32.8 Å². The van der Waals surface area contributed by atoms with Gasteiger partial charge in [-0.2, -0.15) is 0 Å². The van der Waals surface area contributed by atoms with E-state index in [4.69, 9.17) is 15.2 Å². The lowest BCUT2D eigenvalue weighted by Crippen LogP contribution is -2.26. The highest BCUT2D eigenvalue weighted by Crippen LogP contribution is 2.23. The molecule has 0 atom stereocenters. The predicted octanol–water partition coefficient (Wildman–Crippen LogP) is 2.21. The molecule has 1 rings (SSSR count). The molecule has 0 bridgehead atoms. The molecule has 112 valence electrons. The van der Waals surface area contributed by atoms with Crippen molar-refractivity contribution < 1.29 is 14.3 Å². The summed E-state index contributed by atoms with van der Waals surface area (Å²) in [5, 5.41) is 2.76. The first kappa shape index (κ1) is 16.3. The molecular weight excluding hydrogens is 256 g/mol. The van der Waals surface area contributed by atoms with Gasteiger partial charge in [0, 0.05) is 19.2 Å². The molecule has 0 spiro atoms. The van der Waals surface area contributed by atoms with Crippen LogP contribution in [0.3, 0.4) is 0 Å². The number of benzene rings is 1.